The number of nitriles is 1. The quantitative estimate of drug-likeness (QED) is 0.653. The number of ether oxygens (including phenoxy) is 1. The van der Waals surface area contributed by atoms with Gasteiger partial charge in [0.15, 0.2) is 0 Å². The average molecular weight is 286 g/mol. The molecule has 0 saturated carbocycles. The zero-order valence-corrected chi connectivity index (χ0v) is 11.4. The number of thiol groups is 1. The van der Waals surface area contributed by atoms with Gasteiger partial charge >= 0.3 is 5.97 Å². The summed E-state index contributed by atoms with van der Waals surface area (Å²) in [6, 6.07) is 9.81. The average Bonchev–Trinajstić information content (AvgIpc) is 2.45. The number of nitrogens with zero attached hydrogens (tertiary/aromatic N) is 1. The Morgan fingerprint density at radius 3 is 2.80 bits per heavy atom. The third-order valence-corrected chi connectivity index (χ3v) is 3.07. The van der Waals surface area contributed by atoms with Crippen molar-refractivity contribution in [2.45, 2.75) is 5.03 Å². The highest BCUT2D eigenvalue weighted by Crippen LogP contribution is 2.25. The fourth-order valence-electron chi connectivity index (χ4n) is 1.82. The van der Waals surface area contributed by atoms with Crippen LogP contribution in [-0.4, -0.2) is 18.1 Å². The minimum Gasteiger partial charge on any atom is -0.465 e. The molecule has 6 heteroatoms. The molecule has 0 aliphatic heterocycles. The highest BCUT2D eigenvalue weighted by atomic mass is 32.1. The van der Waals surface area contributed by atoms with Crippen LogP contribution in [0, 0.1) is 11.3 Å². The molecule has 5 nitrogen and oxygen atoms in total. The molecule has 1 N–H and O–H groups in total. The number of carbonyl (C=O) groups is 1. The molecule has 100 valence electrons. The Morgan fingerprint density at radius 2 is 2.15 bits per heavy atom. The molecule has 0 amide bonds. The lowest BCUT2D eigenvalue weighted by atomic mass is 10.0. The van der Waals surface area contributed by atoms with Crippen LogP contribution in [0.15, 0.2) is 40.2 Å². The van der Waals surface area contributed by atoms with Gasteiger partial charge in [-0.2, -0.15) is 5.26 Å². The normalized spacial score (nSPS) is 9.85. The molecule has 1 aromatic heterocycles. The molecule has 0 fully saturated rings. The number of pyridine rings is 1. The Bertz CT molecular complexity index is 775. The number of benzene rings is 1. The molecule has 1 aromatic carbocycles. The van der Waals surface area contributed by atoms with Gasteiger partial charge in [0.1, 0.15) is 6.07 Å². The number of hydrogen-bond donors (Lipinski definition) is 2. The van der Waals surface area contributed by atoms with Crippen LogP contribution in [0.2, 0.25) is 0 Å². The smallest absolute Gasteiger partial charge is 0.337 e. The van der Waals surface area contributed by atoms with Crippen molar-refractivity contribution in [3.8, 4) is 17.2 Å². The SMILES string of the molecule is COC(=O)c1cccc(-c2cc(=O)[nH]c(S)c2C#N)c1. The van der Waals surface area contributed by atoms with Gasteiger partial charge in [-0.3, -0.25) is 4.79 Å². The fourth-order valence-corrected chi connectivity index (χ4v) is 2.10. The molecule has 0 aliphatic rings. The Hall–Kier alpha value is -2.52. The minimum atomic E-state index is -0.485. The van der Waals surface area contributed by atoms with Crippen molar-refractivity contribution in [2.24, 2.45) is 0 Å². The number of H-pyrrole nitrogens is 1. The molecule has 0 radical (unpaired) electrons. The number of aromatic amines is 1. The van der Waals surface area contributed by atoms with Crippen LogP contribution in [0.5, 0.6) is 0 Å². The van der Waals surface area contributed by atoms with Crippen molar-refractivity contribution >= 4 is 18.6 Å². The van der Waals surface area contributed by atoms with E-state index >= 15 is 0 Å². The van der Waals surface area contributed by atoms with E-state index in [9.17, 15) is 9.59 Å². The summed E-state index contributed by atoms with van der Waals surface area (Å²) in [5.74, 6) is -0.485. The van der Waals surface area contributed by atoms with Crippen LogP contribution in [0.4, 0.5) is 0 Å². The van der Waals surface area contributed by atoms with Crippen molar-refractivity contribution in [1.29, 1.82) is 5.26 Å². The topological polar surface area (TPSA) is 83.0 Å². The lowest BCUT2D eigenvalue weighted by Gasteiger charge is -2.07. The van der Waals surface area contributed by atoms with Crippen LogP contribution in [0.3, 0.4) is 0 Å². The van der Waals surface area contributed by atoms with Gasteiger partial charge in [-0.15, -0.1) is 12.6 Å². The van der Waals surface area contributed by atoms with E-state index in [-0.39, 0.29) is 16.1 Å². The van der Waals surface area contributed by atoms with Crippen LogP contribution in [-0.2, 0) is 4.74 Å². The maximum absolute atomic E-state index is 11.5. The first-order chi connectivity index (χ1) is 9.56. The summed E-state index contributed by atoms with van der Waals surface area (Å²) in [6.07, 6.45) is 0. The Morgan fingerprint density at radius 1 is 1.40 bits per heavy atom. The highest BCUT2D eigenvalue weighted by molar-refractivity contribution is 7.80. The second-order valence-corrected chi connectivity index (χ2v) is 4.40. The number of carbonyl (C=O) groups excluding carboxylic acids is 1. The third kappa shape index (κ3) is 2.58. The number of aromatic nitrogens is 1. The lowest BCUT2D eigenvalue weighted by Crippen LogP contribution is -2.08. The van der Waals surface area contributed by atoms with Gasteiger partial charge in [0.25, 0.3) is 0 Å². The molecule has 0 aliphatic carbocycles. The van der Waals surface area contributed by atoms with Crippen LogP contribution >= 0.6 is 12.6 Å². The van der Waals surface area contributed by atoms with E-state index in [0.717, 1.165) is 0 Å². The first-order valence-corrected chi connectivity index (χ1v) is 6.06. The summed E-state index contributed by atoms with van der Waals surface area (Å²) in [4.78, 5) is 25.5. The molecule has 0 unspecified atom stereocenters. The van der Waals surface area contributed by atoms with Crippen molar-refractivity contribution < 1.29 is 9.53 Å². The number of esters is 1. The second-order valence-electron chi connectivity index (χ2n) is 3.96. The van der Waals surface area contributed by atoms with Crippen molar-refractivity contribution in [3.63, 3.8) is 0 Å². The second kappa shape index (κ2) is 5.63. The maximum Gasteiger partial charge on any atom is 0.337 e. The summed E-state index contributed by atoms with van der Waals surface area (Å²) < 4.78 is 4.64. The van der Waals surface area contributed by atoms with Gasteiger partial charge in [-0.25, -0.2) is 4.79 Å². The van der Waals surface area contributed by atoms with Crippen molar-refractivity contribution in [3.05, 3.63) is 51.8 Å². The summed E-state index contributed by atoms with van der Waals surface area (Å²) in [5.41, 5.74) is 1.22. The van der Waals surface area contributed by atoms with Gasteiger partial charge in [0, 0.05) is 11.6 Å². The summed E-state index contributed by atoms with van der Waals surface area (Å²) in [6.45, 7) is 0. The van der Waals surface area contributed by atoms with E-state index in [4.69, 9.17) is 5.26 Å². The summed E-state index contributed by atoms with van der Waals surface area (Å²) in [5, 5.41) is 9.36. The van der Waals surface area contributed by atoms with Gasteiger partial charge < -0.3 is 9.72 Å². The monoisotopic (exact) mass is 286 g/mol. The van der Waals surface area contributed by atoms with Crippen LogP contribution in [0.25, 0.3) is 11.1 Å². The summed E-state index contributed by atoms with van der Waals surface area (Å²) >= 11 is 4.08. The zero-order chi connectivity index (χ0) is 14.7. The zero-order valence-electron chi connectivity index (χ0n) is 10.5. The number of nitrogens with one attached hydrogen (secondary N) is 1. The molecule has 0 saturated heterocycles. The van der Waals surface area contributed by atoms with Crippen molar-refractivity contribution in [1.82, 2.24) is 4.98 Å². The fraction of sp³-hybridized carbons (Fsp3) is 0.0714. The van der Waals surface area contributed by atoms with E-state index in [1.165, 1.54) is 13.2 Å². The largest absolute Gasteiger partial charge is 0.465 e. The number of methoxy groups -OCH3 is 1. The summed E-state index contributed by atoms with van der Waals surface area (Å²) in [7, 11) is 1.29. The van der Waals surface area contributed by atoms with E-state index in [1.807, 2.05) is 6.07 Å². The first-order valence-electron chi connectivity index (χ1n) is 5.62. The van der Waals surface area contributed by atoms with E-state index < -0.39 is 5.97 Å². The Labute approximate surface area is 120 Å². The molecular weight excluding hydrogens is 276 g/mol. The first kappa shape index (κ1) is 13.9. The molecule has 2 aromatic rings. The van der Waals surface area contributed by atoms with E-state index in [2.05, 4.69) is 22.3 Å². The van der Waals surface area contributed by atoms with Gasteiger partial charge in [-0.05, 0) is 17.7 Å². The standard InChI is InChI=1S/C14H10N2O3S/c1-19-14(18)9-4-2-3-8(5-9)10-6-12(17)16-13(20)11(10)7-15/h2-6H,1H3,(H2,16,17,20). The number of rotatable bonds is 2. The van der Waals surface area contributed by atoms with Crippen LogP contribution in [0.1, 0.15) is 15.9 Å². The predicted octanol–water partition coefficient (Wildman–Crippen LogP) is 1.99. The van der Waals surface area contributed by atoms with E-state index in [0.29, 0.717) is 16.7 Å². The molecule has 20 heavy (non-hydrogen) atoms. The van der Waals surface area contributed by atoms with Gasteiger partial charge in [-0.1, -0.05) is 12.1 Å². The third-order valence-electron chi connectivity index (χ3n) is 2.73. The van der Waals surface area contributed by atoms with Crippen LogP contribution < -0.4 is 5.56 Å². The molecular formula is C14H10N2O3S. The van der Waals surface area contributed by atoms with Gasteiger partial charge in [0.2, 0.25) is 5.56 Å². The molecule has 2 rings (SSSR count). The lowest BCUT2D eigenvalue weighted by molar-refractivity contribution is 0.0601. The van der Waals surface area contributed by atoms with Crippen molar-refractivity contribution in [2.75, 3.05) is 7.11 Å². The van der Waals surface area contributed by atoms with E-state index in [1.54, 1.807) is 24.3 Å². The highest BCUT2D eigenvalue weighted by Gasteiger charge is 2.12. The Kier molecular flexibility index (Phi) is 3.91. The molecule has 0 atom stereocenters. The molecule has 1 heterocycles. The Balaban J connectivity index is 2.66. The predicted molar refractivity (Wildman–Crippen MR) is 75.8 cm³/mol. The molecule has 0 spiro atoms. The van der Waals surface area contributed by atoms with Gasteiger partial charge in [0.05, 0.1) is 23.3 Å². The minimum absolute atomic E-state index is 0.193. The number of hydrogen-bond acceptors (Lipinski definition) is 5. The maximum atomic E-state index is 11.5. The molecule has 0 bridgehead atoms.